The van der Waals surface area contributed by atoms with Crippen LogP contribution in [0.3, 0.4) is 0 Å². The zero-order valence-electron chi connectivity index (χ0n) is 21.9. The lowest BCUT2D eigenvalue weighted by molar-refractivity contribution is -0.131. The van der Waals surface area contributed by atoms with E-state index in [1.54, 1.807) is 37.3 Å². The molecule has 0 saturated carbocycles. The summed E-state index contributed by atoms with van der Waals surface area (Å²) in [4.78, 5) is 19.1. The van der Waals surface area contributed by atoms with Gasteiger partial charge >= 0.3 is 0 Å². The average molecular weight is 561 g/mol. The van der Waals surface area contributed by atoms with Crippen LogP contribution in [0.2, 0.25) is 0 Å². The molecule has 0 bridgehead atoms. The zero-order valence-corrected chi connectivity index (χ0v) is 21.9. The summed E-state index contributed by atoms with van der Waals surface area (Å²) in [6.07, 6.45) is -1.98. The molecule has 0 aliphatic carbocycles. The molecule has 1 aliphatic rings. The van der Waals surface area contributed by atoms with Crippen LogP contribution in [0.1, 0.15) is 12.1 Å². The summed E-state index contributed by atoms with van der Waals surface area (Å²) in [5, 5.41) is 25.6. The maximum atomic E-state index is 15.6. The fourth-order valence-electron chi connectivity index (χ4n) is 5.02. The van der Waals surface area contributed by atoms with Gasteiger partial charge in [-0.25, -0.2) is 13.9 Å². The van der Waals surface area contributed by atoms with Gasteiger partial charge in [0, 0.05) is 12.5 Å². The van der Waals surface area contributed by atoms with E-state index in [2.05, 4.69) is 20.2 Å². The van der Waals surface area contributed by atoms with Crippen LogP contribution >= 0.6 is 0 Å². The molecule has 2 aromatic heterocycles. The molecule has 0 amide bonds. The van der Waals surface area contributed by atoms with Gasteiger partial charge in [-0.2, -0.15) is 10.1 Å². The van der Waals surface area contributed by atoms with Gasteiger partial charge in [-0.05, 0) is 35.2 Å². The van der Waals surface area contributed by atoms with E-state index < -0.39 is 29.9 Å². The third kappa shape index (κ3) is 5.22. The monoisotopic (exact) mass is 560 g/mol. The molecule has 3 aromatic carbocycles. The SMILES string of the molecule is Cc1cc(-c2ccc(-c3ccc(-c4c(F)cc5[nH]c(O[C@H]6CO[C@H](CO)[C@@H](O)C6)nc5c4F)cc3)cc2)c(=O)[nH]n1. The number of aromatic nitrogens is 4. The number of imidazole rings is 1. The number of H-pyrrole nitrogens is 2. The maximum Gasteiger partial charge on any atom is 0.295 e. The average Bonchev–Trinajstić information content (AvgIpc) is 3.37. The van der Waals surface area contributed by atoms with Gasteiger partial charge in [-0.15, -0.1) is 0 Å². The van der Waals surface area contributed by atoms with Crippen LogP contribution in [0.15, 0.2) is 65.5 Å². The summed E-state index contributed by atoms with van der Waals surface area (Å²) in [5.74, 6) is -1.59. The second kappa shape index (κ2) is 10.8. The van der Waals surface area contributed by atoms with Crippen molar-refractivity contribution in [3.63, 3.8) is 0 Å². The Bertz CT molecular complexity index is 1770. The summed E-state index contributed by atoms with van der Waals surface area (Å²) in [7, 11) is 0. The van der Waals surface area contributed by atoms with E-state index in [4.69, 9.17) is 9.47 Å². The second-order valence-corrected chi connectivity index (χ2v) is 9.99. The van der Waals surface area contributed by atoms with Crippen LogP contribution in [0, 0.1) is 18.6 Å². The number of benzene rings is 3. The van der Waals surface area contributed by atoms with Crippen LogP contribution in [0.25, 0.3) is 44.4 Å². The second-order valence-electron chi connectivity index (χ2n) is 9.99. The van der Waals surface area contributed by atoms with Crippen LogP contribution in [-0.2, 0) is 4.74 Å². The molecule has 9 nitrogen and oxygen atoms in total. The fraction of sp³-hybridized carbons (Fsp3) is 0.233. The molecule has 1 fully saturated rings. The van der Waals surface area contributed by atoms with Gasteiger partial charge in [0.15, 0.2) is 5.82 Å². The molecule has 41 heavy (non-hydrogen) atoms. The Balaban J connectivity index is 1.23. The smallest absolute Gasteiger partial charge is 0.295 e. The van der Waals surface area contributed by atoms with Crippen molar-refractivity contribution in [1.29, 1.82) is 0 Å². The Hall–Kier alpha value is -4.45. The Labute approximate surface area is 232 Å². The van der Waals surface area contributed by atoms with E-state index in [0.29, 0.717) is 16.8 Å². The van der Waals surface area contributed by atoms with Crippen molar-refractivity contribution >= 4 is 11.0 Å². The Morgan fingerprint density at radius 2 is 1.68 bits per heavy atom. The maximum absolute atomic E-state index is 15.6. The number of ether oxygens (including phenoxy) is 2. The summed E-state index contributed by atoms with van der Waals surface area (Å²) in [6, 6.07) is 17.1. The molecule has 0 spiro atoms. The van der Waals surface area contributed by atoms with Gasteiger partial charge in [0.1, 0.15) is 23.5 Å². The van der Waals surface area contributed by atoms with Crippen LogP contribution < -0.4 is 10.3 Å². The van der Waals surface area contributed by atoms with Crippen LogP contribution in [0.5, 0.6) is 6.01 Å². The molecule has 0 unspecified atom stereocenters. The van der Waals surface area contributed by atoms with Gasteiger partial charge in [-0.1, -0.05) is 48.5 Å². The van der Waals surface area contributed by atoms with E-state index in [9.17, 15) is 15.0 Å². The lowest BCUT2D eigenvalue weighted by Gasteiger charge is -2.31. The van der Waals surface area contributed by atoms with E-state index in [1.807, 2.05) is 24.3 Å². The fourth-order valence-corrected chi connectivity index (χ4v) is 5.02. The lowest BCUT2D eigenvalue weighted by atomic mass is 9.97. The Morgan fingerprint density at radius 1 is 1.02 bits per heavy atom. The normalized spacial score (nSPS) is 19.0. The molecule has 3 atom stereocenters. The highest BCUT2D eigenvalue weighted by Crippen LogP contribution is 2.34. The summed E-state index contributed by atoms with van der Waals surface area (Å²) in [6.45, 7) is 1.59. The number of aromatic amines is 2. The molecule has 6 rings (SSSR count). The molecule has 11 heteroatoms. The number of aliphatic hydroxyl groups is 2. The van der Waals surface area contributed by atoms with Gasteiger partial charge in [0.25, 0.3) is 11.6 Å². The highest BCUT2D eigenvalue weighted by Gasteiger charge is 2.31. The van der Waals surface area contributed by atoms with Crippen molar-refractivity contribution in [2.24, 2.45) is 0 Å². The summed E-state index contributed by atoms with van der Waals surface area (Å²) < 4.78 is 41.8. The third-order valence-electron chi connectivity index (χ3n) is 7.17. The number of rotatable bonds is 6. The number of aryl methyl sites for hydroxylation is 1. The highest BCUT2D eigenvalue weighted by molar-refractivity contribution is 5.84. The number of halogens is 2. The minimum atomic E-state index is -0.917. The molecule has 5 aromatic rings. The first kappa shape index (κ1) is 26.8. The summed E-state index contributed by atoms with van der Waals surface area (Å²) in [5.41, 5.74) is 3.57. The molecular formula is C30H26F2N4O5. The topological polar surface area (TPSA) is 133 Å². The number of fused-ring (bicyclic) bond motifs is 1. The van der Waals surface area contributed by atoms with Gasteiger partial charge in [0.05, 0.1) is 41.7 Å². The molecular weight excluding hydrogens is 534 g/mol. The number of nitrogens with one attached hydrogen (secondary N) is 2. The minimum absolute atomic E-state index is 0.0265. The molecule has 210 valence electrons. The lowest BCUT2D eigenvalue weighted by Crippen LogP contribution is -2.45. The van der Waals surface area contributed by atoms with Crippen molar-refractivity contribution in [3.05, 3.63) is 88.3 Å². The number of aliphatic hydroxyl groups excluding tert-OH is 2. The number of hydrogen-bond acceptors (Lipinski definition) is 7. The molecule has 3 heterocycles. The van der Waals surface area contributed by atoms with Crippen LogP contribution in [-0.4, -0.2) is 61.9 Å². The minimum Gasteiger partial charge on any atom is -0.459 e. The molecule has 0 radical (unpaired) electrons. The highest BCUT2D eigenvalue weighted by atomic mass is 19.1. The quantitative estimate of drug-likeness (QED) is 0.246. The third-order valence-corrected chi connectivity index (χ3v) is 7.17. The predicted octanol–water partition coefficient (Wildman–Crippen LogP) is 4.12. The number of hydrogen-bond donors (Lipinski definition) is 4. The van der Waals surface area contributed by atoms with E-state index in [-0.39, 0.29) is 47.8 Å². The van der Waals surface area contributed by atoms with Crippen molar-refractivity contribution in [2.75, 3.05) is 13.2 Å². The predicted molar refractivity (Wildman–Crippen MR) is 147 cm³/mol. The van der Waals surface area contributed by atoms with E-state index >= 15 is 8.78 Å². The van der Waals surface area contributed by atoms with Crippen molar-refractivity contribution < 1.29 is 28.5 Å². The van der Waals surface area contributed by atoms with Gasteiger partial charge in [-0.3, -0.25) is 4.79 Å². The Kier molecular flexibility index (Phi) is 7.08. The first-order valence-electron chi connectivity index (χ1n) is 13.0. The van der Waals surface area contributed by atoms with Crippen LogP contribution in [0.4, 0.5) is 8.78 Å². The largest absolute Gasteiger partial charge is 0.459 e. The summed E-state index contributed by atoms with van der Waals surface area (Å²) >= 11 is 0. The molecule has 1 saturated heterocycles. The standard InChI is InChI=1S/C30H26F2N4O5/c1-15-10-21(29(39)36-35-15)18-6-2-16(3-7-18)17-4-8-19(9-5-17)26-22(31)12-23-28(27(26)32)34-30(33-23)41-20-11-24(38)25(13-37)40-14-20/h2-10,12,20,24-25,37-38H,11,13-14H2,1H3,(H,33,34)(H,36,39)/t20-,24+,25-/m1/s1. The van der Waals surface area contributed by atoms with E-state index in [0.717, 1.165) is 22.8 Å². The number of nitrogens with zero attached hydrogens (tertiary/aromatic N) is 2. The molecule has 4 N–H and O–H groups in total. The van der Waals surface area contributed by atoms with Crippen molar-refractivity contribution in [2.45, 2.75) is 31.7 Å². The Morgan fingerprint density at radius 3 is 2.34 bits per heavy atom. The first-order valence-corrected chi connectivity index (χ1v) is 13.0. The van der Waals surface area contributed by atoms with E-state index in [1.165, 1.54) is 0 Å². The van der Waals surface area contributed by atoms with Gasteiger partial charge in [0.2, 0.25) is 0 Å². The van der Waals surface area contributed by atoms with Gasteiger partial charge < -0.3 is 24.7 Å². The van der Waals surface area contributed by atoms with Crippen molar-refractivity contribution in [3.8, 4) is 39.4 Å². The van der Waals surface area contributed by atoms with Crippen molar-refractivity contribution in [1.82, 2.24) is 20.2 Å². The zero-order chi connectivity index (χ0) is 28.7. The first-order chi connectivity index (χ1) is 19.8. The molecule has 1 aliphatic heterocycles.